The second-order valence-electron chi connectivity index (χ2n) is 5.83. The number of rotatable bonds is 0. The molecule has 5 rings (SSSR count). The molecule has 0 radical (unpaired) electrons. The number of carbonyl (C=O) groups excluding carboxylic acids is 1. The van der Waals surface area contributed by atoms with E-state index in [1.165, 1.54) is 16.8 Å². The molecule has 3 aliphatic heterocycles. The highest BCUT2D eigenvalue weighted by molar-refractivity contribution is 6.07. The number of carbonyl (C=O) groups is 1. The van der Waals surface area contributed by atoms with Crippen LogP contribution in [0, 0.1) is 0 Å². The maximum absolute atomic E-state index is 12.6. The predicted molar refractivity (Wildman–Crippen MR) is 81.7 cm³/mol. The second kappa shape index (κ2) is 3.86. The summed E-state index contributed by atoms with van der Waals surface area (Å²) in [6.07, 6.45) is 5.82. The Hall–Kier alpha value is -2.33. The Morgan fingerprint density at radius 2 is 2.00 bits per heavy atom. The van der Waals surface area contributed by atoms with Gasteiger partial charge in [-0.1, -0.05) is 24.3 Å². The third-order valence-electron chi connectivity index (χ3n) is 4.69. The Morgan fingerprint density at radius 1 is 1.14 bits per heavy atom. The minimum atomic E-state index is 0.198. The molecule has 1 aromatic carbocycles. The molecule has 0 spiro atoms. The first-order chi connectivity index (χ1) is 10.3. The van der Waals surface area contributed by atoms with Crippen LogP contribution in [0.3, 0.4) is 0 Å². The lowest BCUT2D eigenvalue weighted by Crippen LogP contribution is -2.26. The van der Waals surface area contributed by atoms with Crippen molar-refractivity contribution in [3.8, 4) is 0 Å². The van der Waals surface area contributed by atoms with Crippen LogP contribution in [0.4, 0.5) is 11.4 Å². The van der Waals surface area contributed by atoms with Gasteiger partial charge in [0, 0.05) is 17.8 Å². The topological polar surface area (TPSA) is 35.6 Å². The number of anilines is 2. The minimum Gasteiger partial charge on any atom is -0.328 e. The van der Waals surface area contributed by atoms with E-state index < -0.39 is 0 Å². The second-order valence-corrected chi connectivity index (χ2v) is 5.83. The van der Waals surface area contributed by atoms with Gasteiger partial charge in [0.05, 0.1) is 30.2 Å². The molecule has 1 aliphatic carbocycles. The van der Waals surface area contributed by atoms with E-state index in [1.54, 1.807) is 0 Å². The lowest BCUT2D eigenvalue weighted by atomic mass is 9.96. The molecule has 1 saturated heterocycles. The van der Waals surface area contributed by atoms with Crippen LogP contribution in [0.5, 0.6) is 0 Å². The quantitative estimate of drug-likeness (QED) is 0.790. The third kappa shape index (κ3) is 1.35. The van der Waals surface area contributed by atoms with Gasteiger partial charge < -0.3 is 4.90 Å². The molecule has 0 atom stereocenters. The van der Waals surface area contributed by atoms with E-state index in [4.69, 9.17) is 0 Å². The van der Waals surface area contributed by atoms with Crippen molar-refractivity contribution in [1.82, 2.24) is 5.32 Å². The van der Waals surface area contributed by atoms with E-state index in [0.29, 0.717) is 6.42 Å². The Kier molecular flexibility index (Phi) is 2.08. The first-order valence-electron chi connectivity index (χ1n) is 7.37. The van der Waals surface area contributed by atoms with Crippen molar-refractivity contribution in [2.45, 2.75) is 12.8 Å². The molecule has 1 amide bonds. The van der Waals surface area contributed by atoms with Crippen LogP contribution < -0.4 is 15.1 Å². The number of allylic oxidation sites excluding steroid dienone is 2. The zero-order valence-corrected chi connectivity index (χ0v) is 11.6. The molecule has 1 N–H and O–H groups in total. The zero-order valence-electron chi connectivity index (χ0n) is 11.6. The molecule has 1 fully saturated rings. The zero-order chi connectivity index (χ0) is 14.0. The Morgan fingerprint density at radius 3 is 2.90 bits per heavy atom. The van der Waals surface area contributed by atoms with Gasteiger partial charge in [-0.05, 0) is 24.1 Å². The summed E-state index contributed by atoms with van der Waals surface area (Å²) in [5.41, 5.74) is 7.02. The van der Waals surface area contributed by atoms with Crippen molar-refractivity contribution in [2.75, 3.05) is 23.0 Å². The minimum absolute atomic E-state index is 0.198. The average molecular weight is 277 g/mol. The smallest absolute Gasteiger partial charge is 0.235 e. The fourth-order valence-electron chi connectivity index (χ4n) is 3.82. The maximum Gasteiger partial charge on any atom is 0.235 e. The number of hydrogen-bond acceptors (Lipinski definition) is 3. The number of benzene rings is 1. The van der Waals surface area contributed by atoms with Gasteiger partial charge in [-0.25, -0.2) is 0 Å². The predicted octanol–water partition coefficient (Wildman–Crippen LogP) is 2.27. The Bertz CT molecular complexity index is 772. The van der Waals surface area contributed by atoms with Crippen molar-refractivity contribution in [3.05, 3.63) is 59.0 Å². The first-order valence-corrected chi connectivity index (χ1v) is 7.37. The highest BCUT2D eigenvalue weighted by Gasteiger charge is 2.40. The summed E-state index contributed by atoms with van der Waals surface area (Å²) in [7, 11) is 0. The monoisotopic (exact) mass is 277 g/mol. The number of fused-ring (bicyclic) bond motifs is 4. The fourth-order valence-corrected chi connectivity index (χ4v) is 3.82. The first kappa shape index (κ1) is 11.3. The summed E-state index contributed by atoms with van der Waals surface area (Å²) in [5.74, 6) is 0.198. The van der Waals surface area contributed by atoms with E-state index in [1.807, 2.05) is 17.0 Å². The molecule has 0 saturated carbocycles. The molecule has 0 bridgehead atoms. The van der Waals surface area contributed by atoms with E-state index >= 15 is 0 Å². The lowest BCUT2D eigenvalue weighted by Gasteiger charge is -2.23. The van der Waals surface area contributed by atoms with Gasteiger partial charge in [-0.2, -0.15) is 0 Å². The molecule has 4 aliphatic rings. The third-order valence-corrected chi connectivity index (χ3v) is 4.69. The summed E-state index contributed by atoms with van der Waals surface area (Å²) >= 11 is 0. The number of amides is 1. The molecule has 4 heteroatoms. The van der Waals surface area contributed by atoms with Gasteiger partial charge in [0.2, 0.25) is 5.91 Å². The maximum atomic E-state index is 12.6. The molecule has 21 heavy (non-hydrogen) atoms. The Balaban J connectivity index is 1.88. The molecule has 0 aromatic heterocycles. The molecular formula is C17H15N3O. The number of nitrogens with zero attached hydrogens (tertiary/aromatic N) is 2. The van der Waals surface area contributed by atoms with Crippen LogP contribution in [0.15, 0.2) is 59.0 Å². The standard InChI is InChI=1S/C17H15N3O/c21-16-8-11-4-3-5-12-15-9-18-10-19(15)13-6-1-2-7-14(13)20(16)17(11)12/h1-3,5-7,18H,4,8-10H2. The van der Waals surface area contributed by atoms with Crippen molar-refractivity contribution in [2.24, 2.45) is 0 Å². The van der Waals surface area contributed by atoms with Gasteiger partial charge in [0.1, 0.15) is 0 Å². The van der Waals surface area contributed by atoms with Crippen LogP contribution in [0.1, 0.15) is 12.8 Å². The van der Waals surface area contributed by atoms with Crippen molar-refractivity contribution < 1.29 is 4.79 Å². The van der Waals surface area contributed by atoms with Crippen LogP contribution in [-0.4, -0.2) is 19.1 Å². The Labute approximate surface area is 123 Å². The normalized spacial score (nSPS) is 22.6. The van der Waals surface area contributed by atoms with Crippen molar-refractivity contribution in [3.63, 3.8) is 0 Å². The molecule has 0 unspecified atom stereocenters. The fraction of sp³-hybridized carbons (Fsp3) is 0.235. The van der Waals surface area contributed by atoms with Gasteiger partial charge in [0.25, 0.3) is 0 Å². The summed E-state index contributed by atoms with van der Waals surface area (Å²) < 4.78 is 0. The molecule has 1 aromatic rings. The van der Waals surface area contributed by atoms with Crippen LogP contribution in [0.25, 0.3) is 0 Å². The van der Waals surface area contributed by atoms with E-state index in [9.17, 15) is 4.79 Å². The molecular weight excluding hydrogens is 262 g/mol. The van der Waals surface area contributed by atoms with Gasteiger partial charge in [0.15, 0.2) is 0 Å². The van der Waals surface area contributed by atoms with E-state index in [2.05, 4.69) is 34.5 Å². The lowest BCUT2D eigenvalue weighted by molar-refractivity contribution is -0.116. The van der Waals surface area contributed by atoms with E-state index in [-0.39, 0.29) is 5.91 Å². The summed E-state index contributed by atoms with van der Waals surface area (Å²) in [6, 6.07) is 8.22. The van der Waals surface area contributed by atoms with Gasteiger partial charge in [-0.3, -0.25) is 15.0 Å². The van der Waals surface area contributed by atoms with Crippen molar-refractivity contribution in [1.29, 1.82) is 0 Å². The number of para-hydroxylation sites is 2. The van der Waals surface area contributed by atoms with Gasteiger partial charge in [-0.15, -0.1) is 0 Å². The highest BCUT2D eigenvalue weighted by atomic mass is 16.2. The largest absolute Gasteiger partial charge is 0.328 e. The number of hydrogen-bond donors (Lipinski definition) is 1. The average Bonchev–Trinajstić information content (AvgIpc) is 3.07. The van der Waals surface area contributed by atoms with Gasteiger partial charge >= 0.3 is 0 Å². The summed E-state index contributed by atoms with van der Waals surface area (Å²) in [4.78, 5) is 16.8. The molecule has 104 valence electrons. The molecule has 4 nitrogen and oxygen atoms in total. The van der Waals surface area contributed by atoms with Crippen LogP contribution >= 0.6 is 0 Å². The van der Waals surface area contributed by atoms with E-state index in [0.717, 1.165) is 36.7 Å². The SMILES string of the molecule is O=C1CC2=C3C(=C4CNCN4c4ccccc4N13)C=CC2. The highest BCUT2D eigenvalue weighted by Crippen LogP contribution is 2.47. The van der Waals surface area contributed by atoms with Crippen molar-refractivity contribution >= 4 is 17.3 Å². The van der Waals surface area contributed by atoms with Crippen LogP contribution in [0.2, 0.25) is 0 Å². The molecule has 3 heterocycles. The summed E-state index contributed by atoms with van der Waals surface area (Å²) in [5, 5.41) is 3.44. The summed E-state index contributed by atoms with van der Waals surface area (Å²) in [6.45, 7) is 1.65. The number of nitrogens with one attached hydrogen (secondary N) is 1. The van der Waals surface area contributed by atoms with Crippen LogP contribution in [-0.2, 0) is 4.79 Å².